The molecular weight excluding hydrogens is 599 g/mol. The number of benzene rings is 1. The molecule has 9 nitrogen and oxygen atoms in total. The second kappa shape index (κ2) is 16.8. The second-order valence-electron chi connectivity index (χ2n) is 13.6. The van der Waals surface area contributed by atoms with E-state index in [4.69, 9.17) is 9.47 Å². The lowest BCUT2D eigenvalue weighted by atomic mass is 9.85. The van der Waals surface area contributed by atoms with Crippen molar-refractivity contribution in [1.29, 1.82) is 0 Å². The third-order valence-corrected chi connectivity index (χ3v) is 11.3. The third-order valence-electron chi connectivity index (χ3n) is 9.30. The van der Waals surface area contributed by atoms with E-state index in [9.17, 15) is 20.1 Å². The number of ether oxygens (including phenoxy) is 2. The summed E-state index contributed by atoms with van der Waals surface area (Å²) in [5, 5.41) is 39.1. The molecule has 3 aliphatic heterocycles. The second-order valence-corrected chi connectivity index (χ2v) is 16.1. The number of carbonyl (C=O) groups excluding carboxylic acids is 1. The molecule has 11 atom stereocenters. The highest BCUT2D eigenvalue weighted by Gasteiger charge is 2.47. The van der Waals surface area contributed by atoms with E-state index in [1.54, 1.807) is 11.8 Å². The number of hydrogen-bond donors (Lipinski definition) is 5. The van der Waals surface area contributed by atoms with Crippen LogP contribution in [-0.4, -0.2) is 119 Å². The van der Waals surface area contributed by atoms with Gasteiger partial charge in [-0.15, -0.1) is 23.5 Å². The van der Waals surface area contributed by atoms with Crippen molar-refractivity contribution in [1.82, 2.24) is 15.5 Å². The van der Waals surface area contributed by atoms with Gasteiger partial charge in [0.1, 0.15) is 29.8 Å². The monoisotopic (exact) mass is 653 g/mol. The van der Waals surface area contributed by atoms with Gasteiger partial charge >= 0.3 is 0 Å². The lowest BCUT2D eigenvalue weighted by molar-refractivity contribution is -0.132. The summed E-state index contributed by atoms with van der Waals surface area (Å²) in [7, 11) is 4.13. The fraction of sp³-hybridized carbons (Fsp3) is 0.788. The maximum Gasteiger partial charge on any atom is 0.240 e. The first-order chi connectivity index (χ1) is 21.0. The minimum Gasteiger partial charge on any atom is -0.390 e. The number of amides is 1. The Morgan fingerprint density at radius 2 is 1.84 bits per heavy atom. The smallest absolute Gasteiger partial charge is 0.240 e. The largest absolute Gasteiger partial charge is 0.390 e. The van der Waals surface area contributed by atoms with Crippen LogP contribution in [0.3, 0.4) is 0 Å². The summed E-state index contributed by atoms with van der Waals surface area (Å²) in [6.07, 6.45) is 1.22. The number of carbonyl (C=O) groups is 1. The lowest BCUT2D eigenvalue weighted by Gasteiger charge is -2.37. The normalized spacial score (nSPS) is 34.3. The van der Waals surface area contributed by atoms with Gasteiger partial charge in [0.2, 0.25) is 5.91 Å². The molecule has 1 amide bonds. The van der Waals surface area contributed by atoms with Gasteiger partial charge < -0.3 is 40.3 Å². The fourth-order valence-corrected chi connectivity index (χ4v) is 8.61. The van der Waals surface area contributed by atoms with Crippen LogP contribution < -0.4 is 10.6 Å². The zero-order valence-electron chi connectivity index (χ0n) is 27.2. The van der Waals surface area contributed by atoms with Gasteiger partial charge in [0.05, 0.1) is 18.2 Å². The zero-order chi connectivity index (χ0) is 32.0. The fourth-order valence-electron chi connectivity index (χ4n) is 6.89. The van der Waals surface area contributed by atoms with Crippen LogP contribution in [-0.2, 0) is 20.7 Å². The molecule has 250 valence electrons. The summed E-state index contributed by atoms with van der Waals surface area (Å²) in [6.45, 7) is 8.87. The van der Waals surface area contributed by atoms with Crippen molar-refractivity contribution in [3.63, 3.8) is 0 Å². The van der Waals surface area contributed by atoms with Crippen LogP contribution in [0.2, 0.25) is 0 Å². The summed E-state index contributed by atoms with van der Waals surface area (Å²) in [5.74, 6) is 1.31. The maximum absolute atomic E-state index is 14.0. The van der Waals surface area contributed by atoms with E-state index >= 15 is 0 Å². The third kappa shape index (κ3) is 9.58. The molecule has 0 aliphatic carbocycles. The average molecular weight is 654 g/mol. The van der Waals surface area contributed by atoms with Gasteiger partial charge in [-0.2, -0.15) is 0 Å². The average Bonchev–Trinajstić information content (AvgIpc) is 3.22. The summed E-state index contributed by atoms with van der Waals surface area (Å²) < 4.78 is 12.7. The van der Waals surface area contributed by atoms with E-state index in [1.807, 2.05) is 13.2 Å². The molecule has 3 saturated heterocycles. The van der Waals surface area contributed by atoms with Crippen molar-refractivity contribution >= 4 is 29.4 Å². The van der Waals surface area contributed by atoms with E-state index in [1.165, 1.54) is 23.7 Å². The van der Waals surface area contributed by atoms with Crippen LogP contribution in [0.1, 0.15) is 52.0 Å². The van der Waals surface area contributed by atoms with E-state index in [0.29, 0.717) is 18.4 Å². The Hall–Kier alpha value is -0.890. The number of likely N-dealkylation sites (N-methyl/N-ethyl adjacent to an activating group) is 1. The summed E-state index contributed by atoms with van der Waals surface area (Å²) in [4.78, 5) is 17.2. The molecule has 1 aromatic rings. The molecule has 3 aliphatic rings. The molecule has 5 N–H and O–H groups in total. The zero-order valence-corrected chi connectivity index (χ0v) is 28.9. The number of rotatable bonds is 12. The lowest BCUT2D eigenvalue weighted by Crippen LogP contribution is -2.60. The van der Waals surface area contributed by atoms with E-state index < -0.39 is 41.9 Å². The van der Waals surface area contributed by atoms with Crippen LogP contribution in [0.5, 0.6) is 0 Å². The Morgan fingerprint density at radius 3 is 2.50 bits per heavy atom. The van der Waals surface area contributed by atoms with Gasteiger partial charge in [-0.1, -0.05) is 32.9 Å². The Labute approximate surface area is 272 Å². The Morgan fingerprint density at radius 1 is 1.11 bits per heavy atom. The van der Waals surface area contributed by atoms with Gasteiger partial charge in [-0.05, 0) is 81.5 Å². The van der Waals surface area contributed by atoms with E-state index in [0.717, 1.165) is 37.2 Å². The first kappa shape index (κ1) is 36.0. The molecule has 3 unspecified atom stereocenters. The van der Waals surface area contributed by atoms with Crippen molar-refractivity contribution in [3.05, 3.63) is 29.8 Å². The highest BCUT2D eigenvalue weighted by molar-refractivity contribution is 8.00. The van der Waals surface area contributed by atoms with Gasteiger partial charge in [0.15, 0.2) is 0 Å². The minimum absolute atomic E-state index is 0.186. The first-order valence-corrected chi connectivity index (χ1v) is 18.4. The molecular formula is C33H55N3O6S2. The summed E-state index contributed by atoms with van der Waals surface area (Å²) >= 11 is 3.01. The van der Waals surface area contributed by atoms with E-state index in [2.05, 4.69) is 67.7 Å². The molecule has 0 aromatic heterocycles. The van der Waals surface area contributed by atoms with Crippen LogP contribution in [0.15, 0.2) is 29.2 Å². The molecule has 0 radical (unpaired) electrons. The highest BCUT2D eigenvalue weighted by atomic mass is 32.2. The van der Waals surface area contributed by atoms with Crippen LogP contribution >= 0.6 is 23.5 Å². The number of aliphatic hydroxyl groups is 3. The minimum atomic E-state index is -1.39. The van der Waals surface area contributed by atoms with Gasteiger partial charge in [0, 0.05) is 36.3 Å². The predicted octanol–water partition coefficient (Wildman–Crippen LogP) is 2.75. The number of nitrogens with zero attached hydrogens (tertiary/aromatic N) is 1. The molecule has 0 saturated carbocycles. The predicted molar refractivity (Wildman–Crippen MR) is 178 cm³/mol. The first-order valence-electron chi connectivity index (χ1n) is 16.2. The molecule has 1 aromatic carbocycles. The SMILES string of the molecule is CSC1C[C@H](O)C(O)C(O)[C@@H]([C@H](NC(=O)[C@H]2NC[C@@H]3C[C@H](CC(C)C)CCO[C@H]32)[C@H](C)Sc2ccc(CCN(C)C)cc2)O1. The van der Waals surface area contributed by atoms with Crippen molar-refractivity contribution in [3.8, 4) is 0 Å². The number of hydrogen-bond acceptors (Lipinski definition) is 10. The number of nitrogens with one attached hydrogen (secondary N) is 2. The van der Waals surface area contributed by atoms with Crippen molar-refractivity contribution in [2.24, 2.45) is 17.8 Å². The number of thioether (sulfide) groups is 2. The Balaban J connectivity index is 1.53. The highest BCUT2D eigenvalue weighted by Crippen LogP contribution is 2.36. The molecule has 11 heteroatoms. The quantitative estimate of drug-likeness (QED) is 0.215. The van der Waals surface area contributed by atoms with E-state index in [-0.39, 0.29) is 29.6 Å². The summed E-state index contributed by atoms with van der Waals surface area (Å²) in [6, 6.07) is 7.29. The molecule has 3 heterocycles. The standard InChI is InChI=1S/C33H55N3O6S2/c1-19(2)15-22-12-14-41-31-23(16-22)18-34-28(31)33(40)35-27(32-30(39)29(38)25(37)17-26(42-32)43-6)20(3)44-24-9-7-21(8-10-24)11-13-36(4)5/h7-10,19-20,22-23,25-32,34,37-39H,11-18H2,1-6H3,(H,35,40)/t20-,22-,23-,25-,26?,27+,28-,29?,30?,31+,32+/m0/s1. The van der Waals surface area contributed by atoms with Gasteiger partial charge in [-0.3, -0.25) is 4.79 Å². The molecule has 3 fully saturated rings. The van der Waals surface area contributed by atoms with Crippen molar-refractivity contribution in [2.75, 3.05) is 40.0 Å². The van der Waals surface area contributed by atoms with Crippen LogP contribution in [0, 0.1) is 17.8 Å². The van der Waals surface area contributed by atoms with Crippen molar-refractivity contribution < 1.29 is 29.6 Å². The Kier molecular flexibility index (Phi) is 13.7. The topological polar surface area (TPSA) is 124 Å². The Bertz CT molecular complexity index is 1030. The maximum atomic E-state index is 14.0. The summed E-state index contributed by atoms with van der Waals surface area (Å²) in [5.41, 5.74) is 0.815. The van der Waals surface area contributed by atoms with Crippen LogP contribution in [0.25, 0.3) is 0 Å². The van der Waals surface area contributed by atoms with Gasteiger partial charge in [0.25, 0.3) is 0 Å². The molecule has 0 bridgehead atoms. The number of fused-ring (bicyclic) bond motifs is 1. The molecule has 44 heavy (non-hydrogen) atoms. The van der Waals surface area contributed by atoms with Crippen molar-refractivity contribution in [2.45, 2.75) is 111 Å². The molecule has 0 spiro atoms. The van der Waals surface area contributed by atoms with Gasteiger partial charge in [-0.25, -0.2) is 0 Å². The van der Waals surface area contributed by atoms with Crippen LogP contribution in [0.4, 0.5) is 0 Å². The molecule has 4 rings (SSSR count). The number of aliphatic hydroxyl groups excluding tert-OH is 3.